The van der Waals surface area contributed by atoms with E-state index in [0.717, 1.165) is 11.1 Å². The molecule has 2 heteroatoms. The van der Waals surface area contributed by atoms with Gasteiger partial charge in [0.2, 0.25) is 0 Å². The lowest BCUT2D eigenvalue weighted by Crippen LogP contribution is -2.07. The highest BCUT2D eigenvalue weighted by Crippen LogP contribution is 2.19. The highest BCUT2D eigenvalue weighted by molar-refractivity contribution is 6.10. The van der Waals surface area contributed by atoms with Crippen LogP contribution in [-0.4, -0.2) is 5.78 Å². The molecule has 0 atom stereocenters. The third-order valence-electron chi connectivity index (χ3n) is 3.06. The fraction of sp³-hybridized carbons (Fsp3) is 0.188. The van der Waals surface area contributed by atoms with E-state index in [-0.39, 0.29) is 11.3 Å². The lowest BCUT2D eigenvalue weighted by molar-refractivity contribution is 0.103. The molecule has 0 radical (unpaired) electrons. The van der Waals surface area contributed by atoms with Gasteiger partial charge in [-0.3, -0.25) is 4.79 Å². The first kappa shape index (κ1) is 12.5. The topological polar surface area (TPSA) is 17.1 Å². The van der Waals surface area contributed by atoms with E-state index in [1.165, 1.54) is 6.07 Å². The maximum atomic E-state index is 13.9. The molecule has 0 fully saturated rings. The van der Waals surface area contributed by atoms with Crippen LogP contribution in [0.3, 0.4) is 0 Å². The van der Waals surface area contributed by atoms with Crippen molar-refractivity contribution in [3.8, 4) is 0 Å². The van der Waals surface area contributed by atoms with Gasteiger partial charge in [0.05, 0.1) is 5.56 Å². The molecule has 92 valence electrons. The van der Waals surface area contributed by atoms with Crippen molar-refractivity contribution in [2.45, 2.75) is 20.8 Å². The summed E-state index contributed by atoms with van der Waals surface area (Å²) < 4.78 is 13.9. The van der Waals surface area contributed by atoms with E-state index in [9.17, 15) is 9.18 Å². The van der Waals surface area contributed by atoms with Crippen molar-refractivity contribution in [1.82, 2.24) is 0 Å². The van der Waals surface area contributed by atoms with E-state index >= 15 is 0 Å². The van der Waals surface area contributed by atoms with Crippen LogP contribution in [0.1, 0.15) is 32.6 Å². The summed E-state index contributed by atoms with van der Waals surface area (Å²) >= 11 is 0. The smallest absolute Gasteiger partial charge is 0.196 e. The van der Waals surface area contributed by atoms with Crippen LogP contribution in [0.25, 0.3) is 0 Å². The molecule has 0 saturated heterocycles. The van der Waals surface area contributed by atoms with Crippen LogP contribution in [0, 0.1) is 26.6 Å². The molecule has 0 aliphatic heterocycles. The standard InChI is InChI=1S/C16H15FO/c1-10-7-8-13(12(3)9-10)16(18)14-6-4-5-11(2)15(14)17/h4-9H,1-3H3. The number of hydrogen-bond donors (Lipinski definition) is 0. The minimum atomic E-state index is -0.428. The molecule has 2 rings (SSSR count). The number of hydrogen-bond acceptors (Lipinski definition) is 1. The van der Waals surface area contributed by atoms with Gasteiger partial charge in [0, 0.05) is 5.56 Å². The van der Waals surface area contributed by atoms with E-state index in [2.05, 4.69) is 0 Å². The van der Waals surface area contributed by atoms with Gasteiger partial charge in [-0.05, 0) is 38.0 Å². The Morgan fingerprint density at radius 3 is 2.33 bits per heavy atom. The van der Waals surface area contributed by atoms with Crippen molar-refractivity contribution >= 4 is 5.78 Å². The van der Waals surface area contributed by atoms with Gasteiger partial charge in [0.25, 0.3) is 0 Å². The number of carbonyl (C=O) groups excluding carboxylic acids is 1. The third kappa shape index (κ3) is 2.19. The molecule has 0 unspecified atom stereocenters. The Hall–Kier alpha value is -1.96. The largest absolute Gasteiger partial charge is 0.288 e. The Morgan fingerprint density at radius 1 is 0.944 bits per heavy atom. The van der Waals surface area contributed by atoms with Gasteiger partial charge >= 0.3 is 0 Å². The summed E-state index contributed by atoms with van der Waals surface area (Å²) in [7, 11) is 0. The van der Waals surface area contributed by atoms with Crippen molar-refractivity contribution in [2.24, 2.45) is 0 Å². The second kappa shape index (κ2) is 4.73. The van der Waals surface area contributed by atoms with Crippen LogP contribution in [0.4, 0.5) is 4.39 Å². The summed E-state index contributed by atoms with van der Waals surface area (Å²) in [5.74, 6) is -0.684. The van der Waals surface area contributed by atoms with Crippen molar-refractivity contribution in [3.63, 3.8) is 0 Å². The lowest BCUT2D eigenvalue weighted by Gasteiger charge is -2.08. The summed E-state index contributed by atoms with van der Waals surface area (Å²) in [6.45, 7) is 5.50. The minimum absolute atomic E-state index is 0.141. The van der Waals surface area contributed by atoms with E-state index in [0.29, 0.717) is 11.1 Å². The molecule has 1 nitrogen and oxygen atoms in total. The number of ketones is 1. The average Bonchev–Trinajstić information content (AvgIpc) is 2.32. The van der Waals surface area contributed by atoms with Crippen molar-refractivity contribution in [2.75, 3.05) is 0 Å². The van der Waals surface area contributed by atoms with Crippen LogP contribution in [0.2, 0.25) is 0 Å². The fourth-order valence-electron chi connectivity index (χ4n) is 2.04. The number of benzene rings is 2. The lowest BCUT2D eigenvalue weighted by atomic mass is 9.96. The number of aryl methyl sites for hydroxylation is 3. The van der Waals surface area contributed by atoms with Crippen LogP contribution >= 0.6 is 0 Å². The van der Waals surface area contributed by atoms with E-state index in [4.69, 9.17) is 0 Å². The fourth-order valence-corrected chi connectivity index (χ4v) is 2.04. The van der Waals surface area contributed by atoms with Gasteiger partial charge < -0.3 is 0 Å². The molecule has 0 spiro atoms. The zero-order valence-electron chi connectivity index (χ0n) is 10.8. The zero-order chi connectivity index (χ0) is 13.3. The van der Waals surface area contributed by atoms with Gasteiger partial charge in [0.1, 0.15) is 5.82 Å². The summed E-state index contributed by atoms with van der Waals surface area (Å²) in [6.07, 6.45) is 0. The Balaban J connectivity index is 2.51. The van der Waals surface area contributed by atoms with Gasteiger partial charge in [-0.2, -0.15) is 0 Å². The number of carbonyl (C=O) groups is 1. The Morgan fingerprint density at radius 2 is 1.67 bits per heavy atom. The molecule has 0 bridgehead atoms. The number of halogens is 1. The molecule has 0 N–H and O–H groups in total. The molecule has 18 heavy (non-hydrogen) atoms. The Kier molecular flexibility index (Phi) is 3.28. The van der Waals surface area contributed by atoms with E-state index in [1.807, 2.05) is 26.0 Å². The molecule has 0 aliphatic rings. The van der Waals surface area contributed by atoms with E-state index < -0.39 is 5.82 Å². The van der Waals surface area contributed by atoms with Crippen LogP contribution < -0.4 is 0 Å². The monoisotopic (exact) mass is 242 g/mol. The summed E-state index contributed by atoms with van der Waals surface area (Å²) in [5, 5.41) is 0. The van der Waals surface area contributed by atoms with Gasteiger partial charge in [0.15, 0.2) is 5.78 Å². The van der Waals surface area contributed by atoms with Crippen LogP contribution in [0.5, 0.6) is 0 Å². The molecule has 0 aliphatic carbocycles. The van der Waals surface area contributed by atoms with Crippen LogP contribution in [-0.2, 0) is 0 Å². The summed E-state index contributed by atoms with van der Waals surface area (Å²) in [4.78, 5) is 12.3. The predicted molar refractivity (Wildman–Crippen MR) is 70.5 cm³/mol. The first-order valence-electron chi connectivity index (χ1n) is 5.88. The molecular formula is C16H15FO. The highest BCUT2D eigenvalue weighted by atomic mass is 19.1. The Labute approximate surface area is 106 Å². The van der Waals surface area contributed by atoms with Crippen molar-refractivity contribution < 1.29 is 9.18 Å². The third-order valence-corrected chi connectivity index (χ3v) is 3.06. The summed E-state index contributed by atoms with van der Waals surface area (Å²) in [6, 6.07) is 10.5. The quantitative estimate of drug-likeness (QED) is 0.728. The van der Waals surface area contributed by atoms with Crippen LogP contribution in [0.15, 0.2) is 36.4 Å². The first-order chi connectivity index (χ1) is 8.50. The molecular weight excluding hydrogens is 227 g/mol. The van der Waals surface area contributed by atoms with E-state index in [1.54, 1.807) is 25.1 Å². The molecule has 0 saturated carbocycles. The molecule has 0 aromatic heterocycles. The maximum absolute atomic E-state index is 13.9. The SMILES string of the molecule is Cc1ccc(C(=O)c2cccc(C)c2F)c(C)c1. The molecule has 0 amide bonds. The zero-order valence-corrected chi connectivity index (χ0v) is 10.8. The maximum Gasteiger partial charge on any atom is 0.196 e. The second-order valence-electron chi connectivity index (χ2n) is 4.58. The highest BCUT2D eigenvalue weighted by Gasteiger charge is 2.16. The Bertz CT molecular complexity index is 614. The summed E-state index contributed by atoms with van der Waals surface area (Å²) in [5.41, 5.74) is 3.16. The van der Waals surface area contributed by atoms with Gasteiger partial charge in [-0.15, -0.1) is 0 Å². The molecule has 2 aromatic carbocycles. The van der Waals surface area contributed by atoms with Gasteiger partial charge in [-0.1, -0.05) is 35.9 Å². The second-order valence-corrected chi connectivity index (χ2v) is 4.58. The van der Waals surface area contributed by atoms with Crippen molar-refractivity contribution in [3.05, 3.63) is 70.0 Å². The predicted octanol–water partition coefficient (Wildman–Crippen LogP) is 3.98. The average molecular weight is 242 g/mol. The van der Waals surface area contributed by atoms with Crippen molar-refractivity contribution in [1.29, 1.82) is 0 Å². The normalized spacial score (nSPS) is 10.4. The van der Waals surface area contributed by atoms with Gasteiger partial charge in [-0.25, -0.2) is 4.39 Å². The minimum Gasteiger partial charge on any atom is -0.288 e. The molecule has 2 aromatic rings. The molecule has 0 heterocycles. The number of rotatable bonds is 2. The first-order valence-corrected chi connectivity index (χ1v) is 5.88.